The third-order valence-corrected chi connectivity index (χ3v) is 3.47. The molecule has 1 N–H and O–H groups in total. The summed E-state index contributed by atoms with van der Waals surface area (Å²) in [4.78, 5) is 0. The number of hydrogen-bond acceptors (Lipinski definition) is 2. The number of nitrogens with one attached hydrogen (secondary N) is 1. The van der Waals surface area contributed by atoms with Crippen molar-refractivity contribution in [3.05, 3.63) is 29.8 Å². The average molecular weight is 228 g/mol. The Balaban J connectivity index is 1.97. The fraction of sp³-hybridized carbons (Fsp3) is 0.533. The summed E-state index contributed by atoms with van der Waals surface area (Å²) in [7, 11) is 0. The first-order chi connectivity index (χ1) is 7.95. The van der Waals surface area contributed by atoms with E-state index < -0.39 is 0 Å². The van der Waals surface area contributed by atoms with Crippen LogP contribution in [-0.2, 0) is 5.41 Å². The van der Waals surface area contributed by atoms with E-state index in [1.807, 2.05) is 0 Å². The predicted molar refractivity (Wildman–Crippen MR) is 70.9 cm³/mol. The van der Waals surface area contributed by atoms with Crippen molar-refractivity contribution in [2.75, 3.05) is 11.9 Å². The van der Waals surface area contributed by atoms with Gasteiger partial charge in [-0.2, -0.15) is 5.26 Å². The molecule has 0 saturated heterocycles. The van der Waals surface area contributed by atoms with Crippen molar-refractivity contribution in [3.63, 3.8) is 0 Å². The highest BCUT2D eigenvalue weighted by Gasteiger charge is 2.42. The van der Waals surface area contributed by atoms with Gasteiger partial charge in [0.15, 0.2) is 0 Å². The number of benzene rings is 1. The quantitative estimate of drug-likeness (QED) is 0.856. The van der Waals surface area contributed by atoms with Gasteiger partial charge in [0.25, 0.3) is 0 Å². The minimum absolute atomic E-state index is 0.0807. The Hall–Kier alpha value is -1.49. The third kappa shape index (κ3) is 2.79. The summed E-state index contributed by atoms with van der Waals surface area (Å²) in [6.45, 7) is 7.41. The topological polar surface area (TPSA) is 35.8 Å². The Bertz CT molecular complexity index is 427. The number of rotatable bonds is 3. The van der Waals surface area contributed by atoms with Crippen molar-refractivity contribution < 1.29 is 0 Å². The van der Waals surface area contributed by atoms with E-state index in [-0.39, 0.29) is 10.8 Å². The monoisotopic (exact) mass is 228 g/mol. The summed E-state index contributed by atoms with van der Waals surface area (Å²) >= 11 is 0. The summed E-state index contributed by atoms with van der Waals surface area (Å²) in [6.07, 6.45) is 2.08. The number of hydrogen-bond donors (Lipinski definition) is 1. The van der Waals surface area contributed by atoms with Gasteiger partial charge in [-0.3, -0.25) is 0 Å². The summed E-state index contributed by atoms with van der Waals surface area (Å²) in [6, 6.07) is 10.9. The van der Waals surface area contributed by atoms with Gasteiger partial charge >= 0.3 is 0 Å². The van der Waals surface area contributed by atoms with Crippen LogP contribution in [0, 0.1) is 16.7 Å². The molecule has 1 aromatic rings. The molecule has 0 amide bonds. The Morgan fingerprint density at radius 3 is 2.24 bits per heavy atom. The molecule has 2 heteroatoms. The molecule has 0 aliphatic heterocycles. The number of nitriles is 1. The smallest absolute Gasteiger partial charge is 0.0747 e. The van der Waals surface area contributed by atoms with Gasteiger partial charge in [0.05, 0.1) is 11.5 Å². The van der Waals surface area contributed by atoms with E-state index in [4.69, 9.17) is 5.26 Å². The second-order valence-corrected chi connectivity index (χ2v) is 6.07. The zero-order valence-electron chi connectivity index (χ0n) is 10.9. The summed E-state index contributed by atoms with van der Waals surface area (Å²) in [5.41, 5.74) is 2.56. The molecule has 1 saturated carbocycles. The molecule has 0 radical (unpaired) electrons. The van der Waals surface area contributed by atoms with Gasteiger partial charge in [0.1, 0.15) is 0 Å². The molecule has 90 valence electrons. The Morgan fingerprint density at radius 1 is 1.24 bits per heavy atom. The van der Waals surface area contributed by atoms with Crippen molar-refractivity contribution in [3.8, 4) is 6.07 Å². The minimum atomic E-state index is -0.0807. The normalized spacial score (nSPS) is 17.3. The predicted octanol–water partition coefficient (Wildman–Crippen LogP) is 3.70. The highest BCUT2D eigenvalue weighted by atomic mass is 14.9. The van der Waals surface area contributed by atoms with Gasteiger partial charge in [-0.05, 0) is 36.0 Å². The second-order valence-electron chi connectivity index (χ2n) is 6.07. The van der Waals surface area contributed by atoms with Crippen LogP contribution in [0.1, 0.15) is 39.2 Å². The maximum atomic E-state index is 9.00. The van der Waals surface area contributed by atoms with Crippen molar-refractivity contribution in [2.45, 2.75) is 39.0 Å². The molecule has 2 nitrogen and oxygen atoms in total. The van der Waals surface area contributed by atoms with Gasteiger partial charge in [0, 0.05) is 12.2 Å². The van der Waals surface area contributed by atoms with Crippen LogP contribution in [-0.4, -0.2) is 6.54 Å². The van der Waals surface area contributed by atoms with Crippen molar-refractivity contribution in [1.29, 1.82) is 5.26 Å². The van der Waals surface area contributed by atoms with E-state index >= 15 is 0 Å². The molecule has 0 unspecified atom stereocenters. The minimum Gasteiger partial charge on any atom is -0.383 e. The zero-order valence-corrected chi connectivity index (χ0v) is 10.9. The first kappa shape index (κ1) is 12.0. The number of nitrogens with zero attached hydrogens (tertiary/aromatic N) is 1. The molecule has 1 aromatic carbocycles. The SMILES string of the molecule is CC(C)(C)c1ccc(NCC2(C#N)CC2)cc1. The van der Waals surface area contributed by atoms with Gasteiger partial charge in [-0.25, -0.2) is 0 Å². The molecule has 0 bridgehead atoms. The van der Waals surface area contributed by atoms with Crippen LogP contribution in [0.25, 0.3) is 0 Å². The lowest BCUT2D eigenvalue weighted by atomic mass is 9.87. The van der Waals surface area contributed by atoms with Crippen LogP contribution < -0.4 is 5.32 Å². The van der Waals surface area contributed by atoms with E-state index in [1.165, 1.54) is 5.56 Å². The Morgan fingerprint density at radius 2 is 1.82 bits per heavy atom. The van der Waals surface area contributed by atoms with E-state index in [0.717, 1.165) is 25.1 Å². The summed E-state index contributed by atoms with van der Waals surface area (Å²) in [5, 5.41) is 12.3. The molecular weight excluding hydrogens is 208 g/mol. The van der Waals surface area contributed by atoms with Gasteiger partial charge in [-0.1, -0.05) is 32.9 Å². The molecule has 1 aliphatic rings. The second kappa shape index (κ2) is 4.07. The third-order valence-electron chi connectivity index (χ3n) is 3.47. The van der Waals surface area contributed by atoms with Crippen molar-refractivity contribution >= 4 is 5.69 Å². The van der Waals surface area contributed by atoms with Gasteiger partial charge < -0.3 is 5.32 Å². The molecule has 1 fully saturated rings. The highest BCUT2D eigenvalue weighted by molar-refractivity contribution is 5.46. The van der Waals surface area contributed by atoms with Crippen LogP contribution >= 0.6 is 0 Å². The highest BCUT2D eigenvalue weighted by Crippen LogP contribution is 2.44. The molecule has 0 atom stereocenters. The van der Waals surface area contributed by atoms with Crippen molar-refractivity contribution in [2.24, 2.45) is 5.41 Å². The maximum absolute atomic E-state index is 9.00. The lowest BCUT2D eigenvalue weighted by molar-refractivity contribution is 0.590. The van der Waals surface area contributed by atoms with Gasteiger partial charge in [-0.15, -0.1) is 0 Å². The molecule has 0 aromatic heterocycles. The first-order valence-electron chi connectivity index (χ1n) is 6.21. The van der Waals surface area contributed by atoms with Gasteiger partial charge in [0.2, 0.25) is 0 Å². The van der Waals surface area contributed by atoms with Crippen LogP contribution in [0.4, 0.5) is 5.69 Å². The largest absolute Gasteiger partial charge is 0.383 e. The molecule has 0 heterocycles. The number of anilines is 1. The molecule has 0 spiro atoms. The molecule has 1 aliphatic carbocycles. The van der Waals surface area contributed by atoms with Crippen LogP contribution in [0.15, 0.2) is 24.3 Å². The van der Waals surface area contributed by atoms with Crippen LogP contribution in [0.2, 0.25) is 0 Å². The van der Waals surface area contributed by atoms with Crippen LogP contribution in [0.5, 0.6) is 0 Å². The Kier molecular flexibility index (Phi) is 2.87. The maximum Gasteiger partial charge on any atom is 0.0747 e. The van der Waals surface area contributed by atoms with E-state index in [2.05, 4.69) is 56.4 Å². The standard InChI is InChI=1S/C15H20N2/c1-14(2,3)12-4-6-13(7-5-12)17-11-15(10-16)8-9-15/h4-7,17H,8-9,11H2,1-3H3. The van der Waals surface area contributed by atoms with E-state index in [9.17, 15) is 0 Å². The van der Waals surface area contributed by atoms with Crippen LogP contribution in [0.3, 0.4) is 0 Å². The first-order valence-corrected chi connectivity index (χ1v) is 6.21. The van der Waals surface area contributed by atoms with E-state index in [0.29, 0.717) is 0 Å². The lowest BCUT2D eigenvalue weighted by Gasteiger charge is -2.19. The lowest BCUT2D eigenvalue weighted by Crippen LogP contribution is -2.14. The Labute approximate surface area is 104 Å². The fourth-order valence-electron chi connectivity index (χ4n) is 1.84. The summed E-state index contributed by atoms with van der Waals surface area (Å²) < 4.78 is 0. The molecule has 2 rings (SSSR count). The molecule has 17 heavy (non-hydrogen) atoms. The fourth-order valence-corrected chi connectivity index (χ4v) is 1.84. The van der Waals surface area contributed by atoms with E-state index in [1.54, 1.807) is 0 Å². The van der Waals surface area contributed by atoms with Crippen molar-refractivity contribution in [1.82, 2.24) is 0 Å². The summed E-state index contributed by atoms with van der Waals surface area (Å²) in [5.74, 6) is 0. The molecular formula is C15H20N2. The average Bonchev–Trinajstić information content (AvgIpc) is 3.06. The zero-order chi connectivity index (χ0) is 12.5.